The van der Waals surface area contributed by atoms with E-state index in [9.17, 15) is 14.4 Å². The summed E-state index contributed by atoms with van der Waals surface area (Å²) in [6.45, 7) is 6.67. The quantitative estimate of drug-likeness (QED) is 0.0261. The maximum atomic E-state index is 12.9. The van der Waals surface area contributed by atoms with E-state index in [-0.39, 0.29) is 31.1 Å². The van der Waals surface area contributed by atoms with Crippen molar-refractivity contribution in [2.24, 2.45) is 0 Å². The fourth-order valence-corrected chi connectivity index (χ4v) is 11.7. The van der Waals surface area contributed by atoms with Crippen LogP contribution in [-0.4, -0.2) is 37.2 Å². The van der Waals surface area contributed by atoms with Gasteiger partial charge in [0.1, 0.15) is 13.2 Å². The van der Waals surface area contributed by atoms with Gasteiger partial charge in [-0.05, 0) is 38.5 Å². The number of ether oxygens (including phenoxy) is 3. The van der Waals surface area contributed by atoms with Gasteiger partial charge in [0, 0.05) is 19.3 Å². The van der Waals surface area contributed by atoms with Crippen molar-refractivity contribution in [1.29, 1.82) is 0 Å². The Balaban J connectivity index is 4.08. The van der Waals surface area contributed by atoms with Crippen molar-refractivity contribution in [1.82, 2.24) is 0 Å². The van der Waals surface area contributed by atoms with Gasteiger partial charge in [-0.1, -0.05) is 386 Å². The normalized spacial score (nSPS) is 12.0. The Morgan fingerprint density at radius 3 is 0.667 bits per heavy atom. The molecule has 1 atom stereocenters. The lowest BCUT2D eigenvalue weighted by atomic mass is 10.0. The third kappa shape index (κ3) is 68.8. The molecule has 480 valence electrons. The first-order chi connectivity index (χ1) is 40.0. The molecule has 0 rings (SSSR count). The van der Waals surface area contributed by atoms with Gasteiger partial charge in [-0.15, -0.1) is 0 Å². The number of hydrogen-bond acceptors (Lipinski definition) is 6. The maximum absolute atomic E-state index is 12.9. The molecule has 6 heteroatoms. The number of rotatable bonds is 70. The molecule has 0 aromatic rings. The first kappa shape index (κ1) is 79.2. The zero-order valence-electron chi connectivity index (χ0n) is 55.4. The third-order valence-corrected chi connectivity index (χ3v) is 17.3. The summed E-state index contributed by atoms with van der Waals surface area (Å²) >= 11 is 0. The summed E-state index contributed by atoms with van der Waals surface area (Å²) in [5.74, 6) is -0.842. The average molecular weight is 1140 g/mol. The van der Waals surface area contributed by atoms with Crippen molar-refractivity contribution in [3.8, 4) is 0 Å². The van der Waals surface area contributed by atoms with Crippen LogP contribution in [0, 0.1) is 0 Å². The summed E-state index contributed by atoms with van der Waals surface area (Å²) < 4.78 is 17.0. The number of carbonyl (C=O) groups excluding carboxylic acids is 3. The maximum Gasteiger partial charge on any atom is 0.306 e. The highest BCUT2D eigenvalue weighted by molar-refractivity contribution is 5.71. The molecule has 0 aromatic carbocycles. The van der Waals surface area contributed by atoms with E-state index in [4.69, 9.17) is 14.2 Å². The van der Waals surface area contributed by atoms with Crippen LogP contribution in [0.1, 0.15) is 432 Å². The molecule has 0 aromatic heterocycles. The molecule has 0 aliphatic carbocycles. The van der Waals surface area contributed by atoms with E-state index in [1.165, 1.54) is 321 Å². The van der Waals surface area contributed by atoms with Crippen LogP contribution in [0.3, 0.4) is 0 Å². The molecule has 0 radical (unpaired) electrons. The van der Waals surface area contributed by atoms with Crippen LogP contribution < -0.4 is 0 Å². The molecule has 0 fully saturated rings. The molecule has 0 spiro atoms. The van der Waals surface area contributed by atoms with Gasteiger partial charge >= 0.3 is 17.9 Å². The summed E-state index contributed by atoms with van der Waals surface area (Å²) in [7, 11) is 0. The van der Waals surface area contributed by atoms with E-state index in [0.29, 0.717) is 19.3 Å². The summed E-state index contributed by atoms with van der Waals surface area (Å²) in [4.78, 5) is 38.4. The first-order valence-corrected chi connectivity index (χ1v) is 37.2. The van der Waals surface area contributed by atoms with Gasteiger partial charge in [-0.2, -0.15) is 0 Å². The van der Waals surface area contributed by atoms with E-state index in [1.54, 1.807) is 0 Å². The Kier molecular flexibility index (Phi) is 69.0. The van der Waals surface area contributed by atoms with E-state index >= 15 is 0 Å². The lowest BCUT2D eigenvalue weighted by molar-refractivity contribution is -0.167. The third-order valence-electron chi connectivity index (χ3n) is 17.3. The number of esters is 3. The number of hydrogen-bond donors (Lipinski definition) is 0. The fraction of sp³-hybridized carbons (Fsp3) is 0.933. The van der Waals surface area contributed by atoms with Gasteiger partial charge in [-0.25, -0.2) is 0 Å². The molecule has 0 amide bonds. The van der Waals surface area contributed by atoms with Gasteiger partial charge in [0.05, 0.1) is 0 Å². The second kappa shape index (κ2) is 70.6. The molecule has 0 N–H and O–H groups in total. The van der Waals surface area contributed by atoms with Crippen molar-refractivity contribution in [2.45, 2.75) is 438 Å². The largest absolute Gasteiger partial charge is 0.462 e. The molecule has 0 bridgehead atoms. The van der Waals surface area contributed by atoms with Crippen molar-refractivity contribution in [3.63, 3.8) is 0 Å². The smallest absolute Gasteiger partial charge is 0.306 e. The fourth-order valence-electron chi connectivity index (χ4n) is 11.7. The van der Waals surface area contributed by atoms with Crippen LogP contribution in [0.2, 0.25) is 0 Å². The predicted octanol–water partition coefficient (Wildman–Crippen LogP) is 25.6. The lowest BCUT2D eigenvalue weighted by Crippen LogP contribution is -2.30. The molecule has 1 unspecified atom stereocenters. The van der Waals surface area contributed by atoms with Crippen molar-refractivity contribution in [2.75, 3.05) is 13.2 Å². The van der Waals surface area contributed by atoms with Gasteiger partial charge in [-0.3, -0.25) is 14.4 Å². The molecule has 0 heterocycles. The minimum absolute atomic E-state index is 0.0659. The van der Waals surface area contributed by atoms with E-state index in [0.717, 1.165) is 70.6 Å². The van der Waals surface area contributed by atoms with Crippen molar-refractivity contribution < 1.29 is 28.6 Å². The zero-order chi connectivity index (χ0) is 58.5. The van der Waals surface area contributed by atoms with Gasteiger partial charge in [0.15, 0.2) is 6.10 Å². The molecular weight excluding hydrogens is 997 g/mol. The van der Waals surface area contributed by atoms with Crippen LogP contribution in [0.25, 0.3) is 0 Å². The molecular formula is C75H144O6. The average Bonchev–Trinajstić information content (AvgIpc) is 3.47. The van der Waals surface area contributed by atoms with Gasteiger partial charge in [0.25, 0.3) is 0 Å². The monoisotopic (exact) mass is 1140 g/mol. The Morgan fingerprint density at radius 2 is 0.432 bits per heavy atom. The van der Waals surface area contributed by atoms with Crippen LogP contribution in [0.15, 0.2) is 12.2 Å². The van der Waals surface area contributed by atoms with E-state index < -0.39 is 6.10 Å². The molecule has 0 aliphatic rings. The van der Waals surface area contributed by atoms with Crippen molar-refractivity contribution in [3.05, 3.63) is 12.2 Å². The highest BCUT2D eigenvalue weighted by Crippen LogP contribution is 2.20. The first-order valence-electron chi connectivity index (χ1n) is 37.2. The van der Waals surface area contributed by atoms with Gasteiger partial charge in [0.2, 0.25) is 0 Å². The SMILES string of the molecule is CCC/C=C\CCCCCCCC(=O)OCC(COC(=O)CCCCCCCCCCCCCCCCCCCCCCCCCCCCCC)OC(=O)CCCCCCCCCCCCCCCCCCCCCCCCCCC. The highest BCUT2D eigenvalue weighted by Gasteiger charge is 2.20. The van der Waals surface area contributed by atoms with Gasteiger partial charge < -0.3 is 14.2 Å². The van der Waals surface area contributed by atoms with E-state index in [1.807, 2.05) is 0 Å². The molecule has 0 saturated carbocycles. The Morgan fingerprint density at radius 1 is 0.235 bits per heavy atom. The second-order valence-corrected chi connectivity index (χ2v) is 25.6. The molecule has 0 saturated heterocycles. The molecule has 81 heavy (non-hydrogen) atoms. The Labute approximate surface area is 507 Å². The van der Waals surface area contributed by atoms with Crippen molar-refractivity contribution >= 4 is 17.9 Å². The Hall–Kier alpha value is -1.85. The summed E-state index contributed by atoms with van der Waals surface area (Å²) in [5, 5.41) is 0. The van der Waals surface area contributed by atoms with Crippen LogP contribution in [-0.2, 0) is 28.6 Å². The number of carbonyl (C=O) groups is 3. The second-order valence-electron chi connectivity index (χ2n) is 25.6. The van der Waals surface area contributed by atoms with Crippen LogP contribution >= 0.6 is 0 Å². The number of allylic oxidation sites excluding steroid dienone is 2. The summed E-state index contributed by atoms with van der Waals surface area (Å²) in [6.07, 6.45) is 85.7. The van der Waals surface area contributed by atoms with Crippen LogP contribution in [0.4, 0.5) is 0 Å². The molecule has 6 nitrogen and oxygen atoms in total. The highest BCUT2D eigenvalue weighted by atomic mass is 16.6. The summed E-state index contributed by atoms with van der Waals surface area (Å²) in [6, 6.07) is 0. The van der Waals surface area contributed by atoms with Crippen LogP contribution in [0.5, 0.6) is 0 Å². The minimum Gasteiger partial charge on any atom is -0.462 e. The lowest BCUT2D eigenvalue weighted by Gasteiger charge is -2.18. The standard InChI is InChI=1S/C75H144O6/c1-4-7-10-13-16-19-22-24-26-28-30-32-34-36-37-38-40-41-43-45-47-49-51-53-56-59-62-65-68-74(77)80-71-72(70-79-73(76)67-64-61-58-55-21-18-15-12-9-6-3)81-75(78)69-66-63-60-57-54-52-50-48-46-44-42-39-35-33-31-29-27-25-23-20-17-14-11-8-5-2/h12,15,72H,4-11,13-14,16-71H2,1-3H3/b15-12-. The minimum atomic E-state index is -0.769. The Bertz CT molecular complexity index is 1260. The predicted molar refractivity (Wildman–Crippen MR) is 353 cm³/mol. The zero-order valence-corrected chi connectivity index (χ0v) is 55.4. The topological polar surface area (TPSA) is 78.9 Å². The molecule has 0 aliphatic heterocycles. The van der Waals surface area contributed by atoms with E-state index in [2.05, 4.69) is 32.9 Å². The number of unbranched alkanes of at least 4 members (excludes halogenated alkanes) is 57. The summed E-state index contributed by atoms with van der Waals surface area (Å²) in [5.41, 5.74) is 0.